The molecule has 2 aromatic rings. The molecule has 0 atom stereocenters. The molecule has 0 bridgehead atoms. The summed E-state index contributed by atoms with van der Waals surface area (Å²) in [6, 6.07) is 11.1. The Morgan fingerprint density at radius 1 is 1.19 bits per heavy atom. The molecular formula is C19H19NO5S. The zero-order chi connectivity index (χ0) is 18.3. The fourth-order valence-corrected chi connectivity index (χ4v) is 3.67. The van der Waals surface area contributed by atoms with Crippen LogP contribution in [0.5, 0.6) is 23.0 Å². The van der Waals surface area contributed by atoms with E-state index in [-0.39, 0.29) is 12.4 Å². The summed E-state index contributed by atoms with van der Waals surface area (Å²) < 4.78 is 23.6. The number of fused-ring (bicyclic) bond motifs is 2. The zero-order valence-corrected chi connectivity index (χ0v) is 15.6. The van der Waals surface area contributed by atoms with E-state index in [9.17, 15) is 4.79 Å². The Balaban J connectivity index is 1.45. The Labute approximate surface area is 156 Å². The highest BCUT2D eigenvalue weighted by Crippen LogP contribution is 2.42. The van der Waals surface area contributed by atoms with Crippen molar-refractivity contribution in [3.63, 3.8) is 0 Å². The summed E-state index contributed by atoms with van der Waals surface area (Å²) in [5, 5.41) is 0. The lowest BCUT2D eigenvalue weighted by Gasteiger charge is -2.19. The van der Waals surface area contributed by atoms with Gasteiger partial charge in [0.15, 0.2) is 23.0 Å². The number of benzene rings is 2. The SMILES string of the molecule is CN(Sc1ccc2c(c1)OCO2)C(=O)Oc1cccc2c1OC(C)(C)C2. The van der Waals surface area contributed by atoms with Crippen LogP contribution in [0.2, 0.25) is 0 Å². The van der Waals surface area contributed by atoms with Crippen LogP contribution < -0.4 is 18.9 Å². The van der Waals surface area contributed by atoms with Crippen molar-refractivity contribution < 1.29 is 23.7 Å². The first kappa shape index (κ1) is 16.9. The third-order valence-electron chi connectivity index (χ3n) is 4.10. The van der Waals surface area contributed by atoms with Crippen LogP contribution in [0, 0.1) is 0 Å². The molecule has 2 aliphatic heterocycles. The third kappa shape index (κ3) is 3.26. The highest BCUT2D eigenvalue weighted by atomic mass is 32.2. The van der Waals surface area contributed by atoms with E-state index in [4.69, 9.17) is 18.9 Å². The van der Waals surface area contributed by atoms with E-state index in [1.54, 1.807) is 13.1 Å². The molecule has 1 amide bonds. The molecule has 0 saturated heterocycles. The Morgan fingerprint density at radius 2 is 2.00 bits per heavy atom. The molecule has 0 radical (unpaired) electrons. The summed E-state index contributed by atoms with van der Waals surface area (Å²) in [6.45, 7) is 4.25. The molecule has 2 aliphatic rings. The van der Waals surface area contributed by atoms with Crippen LogP contribution in [0.25, 0.3) is 0 Å². The van der Waals surface area contributed by atoms with E-state index in [2.05, 4.69) is 0 Å². The number of hydrogen-bond acceptors (Lipinski definition) is 6. The second-order valence-corrected chi connectivity index (χ2v) is 7.96. The lowest BCUT2D eigenvalue weighted by atomic mass is 10.0. The minimum atomic E-state index is -0.477. The predicted octanol–water partition coefficient (Wildman–Crippen LogP) is 4.27. The van der Waals surface area contributed by atoms with E-state index in [1.807, 2.05) is 44.2 Å². The first-order chi connectivity index (χ1) is 12.4. The van der Waals surface area contributed by atoms with Crippen molar-refractivity contribution in [1.82, 2.24) is 4.31 Å². The van der Waals surface area contributed by atoms with Crippen LogP contribution in [0.3, 0.4) is 0 Å². The molecule has 4 rings (SSSR count). The van der Waals surface area contributed by atoms with Gasteiger partial charge >= 0.3 is 6.09 Å². The first-order valence-corrected chi connectivity index (χ1v) is 9.03. The van der Waals surface area contributed by atoms with Gasteiger partial charge in [0.05, 0.1) is 0 Å². The molecule has 26 heavy (non-hydrogen) atoms. The molecule has 0 aromatic heterocycles. The topological polar surface area (TPSA) is 57.2 Å². The molecule has 0 N–H and O–H groups in total. The average molecular weight is 373 g/mol. The summed E-state index contributed by atoms with van der Waals surface area (Å²) in [5.41, 5.74) is 0.754. The maximum Gasteiger partial charge on any atom is 0.425 e. The molecule has 0 aliphatic carbocycles. The van der Waals surface area contributed by atoms with Gasteiger partial charge in [-0.05, 0) is 50.1 Å². The summed E-state index contributed by atoms with van der Waals surface area (Å²) in [6.07, 6.45) is 0.310. The van der Waals surface area contributed by atoms with E-state index in [1.165, 1.54) is 16.3 Å². The molecule has 2 aromatic carbocycles. The monoisotopic (exact) mass is 373 g/mol. The van der Waals surface area contributed by atoms with Crippen molar-refractivity contribution in [3.05, 3.63) is 42.0 Å². The second-order valence-electron chi connectivity index (χ2n) is 6.75. The van der Waals surface area contributed by atoms with Gasteiger partial charge in [0, 0.05) is 23.9 Å². The number of para-hydroxylation sites is 1. The molecule has 0 unspecified atom stereocenters. The van der Waals surface area contributed by atoms with Crippen LogP contribution in [-0.2, 0) is 6.42 Å². The van der Waals surface area contributed by atoms with Crippen LogP contribution in [-0.4, -0.2) is 29.8 Å². The number of ether oxygens (including phenoxy) is 4. The van der Waals surface area contributed by atoms with Gasteiger partial charge in [-0.3, -0.25) is 0 Å². The highest BCUT2D eigenvalue weighted by molar-refractivity contribution is 7.97. The zero-order valence-electron chi connectivity index (χ0n) is 14.8. The average Bonchev–Trinajstić information content (AvgIpc) is 3.17. The quantitative estimate of drug-likeness (QED) is 0.749. The Hall–Kier alpha value is -2.54. The fraction of sp³-hybridized carbons (Fsp3) is 0.316. The maximum absolute atomic E-state index is 12.5. The Morgan fingerprint density at radius 3 is 2.85 bits per heavy atom. The smallest absolute Gasteiger partial charge is 0.425 e. The van der Waals surface area contributed by atoms with Gasteiger partial charge in [0.1, 0.15) is 5.60 Å². The molecule has 0 saturated carbocycles. The maximum atomic E-state index is 12.5. The minimum absolute atomic E-state index is 0.219. The minimum Gasteiger partial charge on any atom is -0.483 e. The van der Waals surface area contributed by atoms with Crippen molar-refractivity contribution in [2.24, 2.45) is 0 Å². The normalized spacial score (nSPS) is 16.0. The van der Waals surface area contributed by atoms with Gasteiger partial charge in [0.2, 0.25) is 6.79 Å². The molecule has 0 fully saturated rings. The molecule has 7 heteroatoms. The third-order valence-corrected chi connectivity index (χ3v) is 4.98. The van der Waals surface area contributed by atoms with E-state index >= 15 is 0 Å². The first-order valence-electron chi connectivity index (χ1n) is 8.25. The summed E-state index contributed by atoms with van der Waals surface area (Å²) in [5.74, 6) is 2.47. The van der Waals surface area contributed by atoms with Gasteiger partial charge < -0.3 is 18.9 Å². The largest absolute Gasteiger partial charge is 0.483 e. The van der Waals surface area contributed by atoms with Crippen LogP contribution in [0.4, 0.5) is 4.79 Å². The Kier molecular flexibility index (Phi) is 4.11. The van der Waals surface area contributed by atoms with Crippen molar-refractivity contribution in [1.29, 1.82) is 0 Å². The Bertz CT molecular complexity index is 867. The lowest BCUT2D eigenvalue weighted by Crippen LogP contribution is -2.25. The predicted molar refractivity (Wildman–Crippen MR) is 97.1 cm³/mol. The van der Waals surface area contributed by atoms with Gasteiger partial charge in [-0.1, -0.05) is 12.1 Å². The van der Waals surface area contributed by atoms with Crippen molar-refractivity contribution in [2.45, 2.75) is 30.8 Å². The number of nitrogens with zero attached hydrogens (tertiary/aromatic N) is 1. The highest BCUT2D eigenvalue weighted by Gasteiger charge is 2.33. The van der Waals surface area contributed by atoms with Crippen LogP contribution >= 0.6 is 11.9 Å². The van der Waals surface area contributed by atoms with Crippen molar-refractivity contribution in [2.75, 3.05) is 13.8 Å². The molecule has 0 spiro atoms. The van der Waals surface area contributed by atoms with Gasteiger partial charge in [0.25, 0.3) is 0 Å². The number of hydrogen-bond donors (Lipinski definition) is 0. The molecular weight excluding hydrogens is 354 g/mol. The van der Waals surface area contributed by atoms with Gasteiger partial charge in [-0.15, -0.1) is 0 Å². The number of carbonyl (C=O) groups is 1. The number of carbonyl (C=O) groups excluding carboxylic acids is 1. The van der Waals surface area contributed by atoms with E-state index < -0.39 is 6.09 Å². The molecule has 6 nitrogen and oxygen atoms in total. The summed E-state index contributed by atoms with van der Waals surface area (Å²) in [7, 11) is 1.66. The molecule has 2 heterocycles. The van der Waals surface area contributed by atoms with Crippen molar-refractivity contribution in [3.8, 4) is 23.0 Å². The van der Waals surface area contributed by atoms with Gasteiger partial charge in [-0.2, -0.15) is 0 Å². The fourth-order valence-electron chi connectivity index (χ4n) is 2.96. The van der Waals surface area contributed by atoms with E-state index in [0.29, 0.717) is 23.0 Å². The summed E-state index contributed by atoms with van der Waals surface area (Å²) in [4.78, 5) is 13.3. The van der Waals surface area contributed by atoms with E-state index in [0.717, 1.165) is 16.9 Å². The van der Waals surface area contributed by atoms with Crippen LogP contribution in [0.15, 0.2) is 41.3 Å². The summed E-state index contributed by atoms with van der Waals surface area (Å²) >= 11 is 1.25. The van der Waals surface area contributed by atoms with Crippen LogP contribution in [0.1, 0.15) is 19.4 Å². The standard InChI is InChI=1S/C19H19NO5S/c1-19(2)10-12-5-4-6-15(17(12)25-19)24-18(21)20(3)26-13-7-8-14-16(9-13)23-11-22-14/h4-9H,10-11H2,1-3H3. The lowest BCUT2D eigenvalue weighted by molar-refractivity contribution is 0.132. The second kappa shape index (κ2) is 6.32. The number of rotatable bonds is 3. The number of amides is 1. The molecule has 136 valence electrons. The van der Waals surface area contributed by atoms with Crippen molar-refractivity contribution >= 4 is 18.0 Å². The van der Waals surface area contributed by atoms with Gasteiger partial charge in [-0.25, -0.2) is 9.10 Å².